The summed E-state index contributed by atoms with van der Waals surface area (Å²) in [5, 5.41) is 4.47. The summed E-state index contributed by atoms with van der Waals surface area (Å²) in [4.78, 5) is 22.0. The topological polar surface area (TPSA) is 76.0 Å². The molecule has 3 rings (SSSR count). The van der Waals surface area contributed by atoms with Crippen molar-refractivity contribution in [2.24, 2.45) is 0 Å². The van der Waals surface area contributed by atoms with Gasteiger partial charge in [0.1, 0.15) is 0 Å². The molecule has 2 aromatic rings. The number of nitrogens with zero attached hydrogens (tertiary/aromatic N) is 4. The van der Waals surface area contributed by atoms with Crippen LogP contribution in [0.1, 0.15) is 47.0 Å². The number of imidazole rings is 1. The summed E-state index contributed by atoms with van der Waals surface area (Å²) in [5.74, 6) is -0.325. The number of H-pyrrole nitrogens is 1. The van der Waals surface area contributed by atoms with Crippen molar-refractivity contribution < 1.29 is 9.53 Å². The molecule has 2 aromatic heterocycles. The molecule has 0 bridgehead atoms. The second kappa shape index (κ2) is 6.54. The van der Waals surface area contributed by atoms with E-state index in [4.69, 9.17) is 4.74 Å². The van der Waals surface area contributed by atoms with Gasteiger partial charge in [-0.15, -0.1) is 0 Å². The maximum atomic E-state index is 12.2. The normalized spacial score (nSPS) is 14.7. The number of aromatic nitrogens is 4. The highest BCUT2D eigenvalue weighted by molar-refractivity contribution is 5.89. The van der Waals surface area contributed by atoms with Gasteiger partial charge in [-0.25, -0.2) is 9.78 Å². The van der Waals surface area contributed by atoms with Crippen molar-refractivity contribution in [2.75, 3.05) is 13.2 Å². The van der Waals surface area contributed by atoms with Gasteiger partial charge < -0.3 is 9.72 Å². The molecule has 1 aliphatic rings. The number of aryl methyl sites for hydroxylation is 2. The number of carbonyl (C=O) groups is 1. The Hall–Kier alpha value is -2.15. The van der Waals surface area contributed by atoms with Gasteiger partial charge in [0.05, 0.1) is 18.6 Å². The Kier molecular flexibility index (Phi) is 4.47. The lowest BCUT2D eigenvalue weighted by molar-refractivity contribution is 0.0515. The highest BCUT2D eigenvalue weighted by atomic mass is 16.5. The van der Waals surface area contributed by atoms with Gasteiger partial charge in [0.25, 0.3) is 0 Å². The van der Waals surface area contributed by atoms with Gasteiger partial charge in [0, 0.05) is 49.6 Å². The minimum absolute atomic E-state index is 0.325. The molecule has 0 saturated carbocycles. The van der Waals surface area contributed by atoms with E-state index in [2.05, 4.69) is 20.0 Å². The van der Waals surface area contributed by atoms with Gasteiger partial charge in [-0.3, -0.25) is 9.58 Å². The zero-order valence-electron chi connectivity index (χ0n) is 13.9. The molecule has 124 valence electrons. The molecule has 0 radical (unpaired) electrons. The van der Waals surface area contributed by atoms with Crippen LogP contribution in [0.15, 0.2) is 6.33 Å². The van der Waals surface area contributed by atoms with Gasteiger partial charge in [0.15, 0.2) is 5.69 Å². The molecule has 0 unspecified atom stereocenters. The Morgan fingerprint density at radius 3 is 2.91 bits per heavy atom. The summed E-state index contributed by atoms with van der Waals surface area (Å²) in [5.41, 5.74) is 4.77. The zero-order valence-corrected chi connectivity index (χ0v) is 13.9. The van der Waals surface area contributed by atoms with Crippen molar-refractivity contribution in [3.63, 3.8) is 0 Å². The van der Waals surface area contributed by atoms with E-state index in [1.54, 1.807) is 6.33 Å². The lowest BCUT2D eigenvalue weighted by Crippen LogP contribution is -2.31. The van der Waals surface area contributed by atoms with Crippen LogP contribution in [-0.2, 0) is 30.8 Å². The fraction of sp³-hybridized carbons (Fsp3) is 0.562. The highest BCUT2D eigenvalue weighted by Gasteiger charge is 2.28. The lowest BCUT2D eigenvalue weighted by atomic mass is 10.0. The predicted octanol–water partition coefficient (Wildman–Crippen LogP) is 1.67. The number of nitrogens with one attached hydrogen (secondary N) is 1. The molecule has 0 aliphatic carbocycles. The molecule has 7 heteroatoms. The van der Waals surface area contributed by atoms with Crippen LogP contribution in [0.2, 0.25) is 0 Å². The van der Waals surface area contributed by atoms with Crippen LogP contribution in [0.3, 0.4) is 0 Å². The minimum Gasteiger partial charge on any atom is -0.461 e. The molecule has 0 spiro atoms. The third-order valence-corrected chi connectivity index (χ3v) is 4.29. The number of esters is 1. The van der Waals surface area contributed by atoms with Gasteiger partial charge in [-0.05, 0) is 20.8 Å². The van der Waals surface area contributed by atoms with Crippen molar-refractivity contribution >= 4 is 5.97 Å². The van der Waals surface area contributed by atoms with E-state index < -0.39 is 0 Å². The first kappa shape index (κ1) is 15.7. The van der Waals surface area contributed by atoms with Crippen LogP contribution < -0.4 is 0 Å². The van der Waals surface area contributed by atoms with Crippen LogP contribution in [0, 0.1) is 6.92 Å². The highest BCUT2D eigenvalue weighted by Crippen LogP contribution is 2.24. The van der Waals surface area contributed by atoms with E-state index in [0.717, 1.165) is 48.7 Å². The Morgan fingerprint density at radius 1 is 1.43 bits per heavy atom. The van der Waals surface area contributed by atoms with Crippen LogP contribution in [0.4, 0.5) is 0 Å². The molecular weight excluding hydrogens is 294 g/mol. The molecule has 0 aromatic carbocycles. The molecule has 7 nitrogen and oxygen atoms in total. The predicted molar refractivity (Wildman–Crippen MR) is 85.0 cm³/mol. The first-order chi connectivity index (χ1) is 11.1. The average molecular weight is 317 g/mol. The average Bonchev–Trinajstić information content (AvgIpc) is 3.11. The summed E-state index contributed by atoms with van der Waals surface area (Å²) in [6.45, 7) is 9.42. The molecule has 0 fully saturated rings. The molecule has 1 N–H and O–H groups in total. The van der Waals surface area contributed by atoms with Crippen LogP contribution in [-0.4, -0.2) is 43.8 Å². The van der Waals surface area contributed by atoms with E-state index in [0.29, 0.717) is 18.8 Å². The Bertz CT molecular complexity index is 703. The monoisotopic (exact) mass is 317 g/mol. The van der Waals surface area contributed by atoms with Crippen molar-refractivity contribution in [1.29, 1.82) is 0 Å². The first-order valence-corrected chi connectivity index (χ1v) is 8.10. The summed E-state index contributed by atoms with van der Waals surface area (Å²) in [7, 11) is 0. The third kappa shape index (κ3) is 3.01. The van der Waals surface area contributed by atoms with E-state index >= 15 is 0 Å². The Morgan fingerprint density at radius 2 is 2.26 bits per heavy atom. The minimum atomic E-state index is -0.325. The summed E-state index contributed by atoms with van der Waals surface area (Å²) in [6, 6.07) is 0. The maximum Gasteiger partial charge on any atom is 0.359 e. The standard InChI is InChI=1S/C16H23N5O2/c1-4-21-14-6-7-20(9-13-11(3)17-10-18-13)8-12(14)15(19-21)16(22)23-5-2/h10H,4-9H2,1-3H3,(H,17,18). The summed E-state index contributed by atoms with van der Waals surface area (Å²) in [6.07, 6.45) is 2.61. The quantitative estimate of drug-likeness (QED) is 0.849. The van der Waals surface area contributed by atoms with Gasteiger partial charge in [-0.2, -0.15) is 5.10 Å². The number of aromatic amines is 1. The molecule has 23 heavy (non-hydrogen) atoms. The SMILES string of the molecule is CCOC(=O)c1nn(CC)c2c1CN(Cc1nc[nH]c1C)CC2. The van der Waals surface area contributed by atoms with Crippen molar-refractivity contribution in [3.8, 4) is 0 Å². The number of ether oxygens (including phenoxy) is 1. The third-order valence-electron chi connectivity index (χ3n) is 4.29. The lowest BCUT2D eigenvalue weighted by Gasteiger charge is -2.27. The fourth-order valence-electron chi connectivity index (χ4n) is 3.07. The van der Waals surface area contributed by atoms with Crippen LogP contribution in [0.5, 0.6) is 0 Å². The van der Waals surface area contributed by atoms with Crippen molar-refractivity contribution in [2.45, 2.75) is 46.8 Å². The Balaban J connectivity index is 1.85. The number of rotatable bonds is 5. The van der Waals surface area contributed by atoms with E-state index in [-0.39, 0.29) is 5.97 Å². The van der Waals surface area contributed by atoms with E-state index in [1.807, 2.05) is 25.5 Å². The van der Waals surface area contributed by atoms with E-state index in [1.165, 1.54) is 0 Å². The summed E-state index contributed by atoms with van der Waals surface area (Å²) >= 11 is 0. The van der Waals surface area contributed by atoms with Gasteiger partial charge in [-0.1, -0.05) is 0 Å². The second-order valence-corrected chi connectivity index (χ2v) is 5.74. The molecular formula is C16H23N5O2. The van der Waals surface area contributed by atoms with Gasteiger partial charge in [0.2, 0.25) is 0 Å². The van der Waals surface area contributed by atoms with Gasteiger partial charge >= 0.3 is 5.97 Å². The molecule has 3 heterocycles. The van der Waals surface area contributed by atoms with Crippen LogP contribution >= 0.6 is 0 Å². The fourth-order valence-corrected chi connectivity index (χ4v) is 3.07. The number of hydrogen-bond acceptors (Lipinski definition) is 5. The smallest absolute Gasteiger partial charge is 0.359 e. The van der Waals surface area contributed by atoms with Crippen molar-refractivity contribution in [1.82, 2.24) is 24.6 Å². The Labute approximate surface area is 135 Å². The molecule has 0 atom stereocenters. The van der Waals surface area contributed by atoms with Crippen molar-refractivity contribution in [3.05, 3.63) is 34.7 Å². The first-order valence-electron chi connectivity index (χ1n) is 8.10. The maximum absolute atomic E-state index is 12.2. The molecule has 1 aliphatic heterocycles. The number of fused-ring (bicyclic) bond motifs is 1. The summed E-state index contributed by atoms with van der Waals surface area (Å²) < 4.78 is 7.09. The van der Waals surface area contributed by atoms with E-state index in [9.17, 15) is 4.79 Å². The largest absolute Gasteiger partial charge is 0.461 e. The molecule has 0 amide bonds. The second-order valence-electron chi connectivity index (χ2n) is 5.74. The number of hydrogen-bond donors (Lipinski definition) is 1. The number of carbonyl (C=O) groups excluding carboxylic acids is 1. The van der Waals surface area contributed by atoms with Crippen LogP contribution in [0.25, 0.3) is 0 Å². The zero-order chi connectivity index (χ0) is 16.4. The molecule has 0 saturated heterocycles.